The van der Waals surface area contributed by atoms with E-state index in [1.807, 2.05) is 65.2 Å². The van der Waals surface area contributed by atoms with E-state index in [0.29, 0.717) is 18.1 Å². The molecule has 0 aliphatic carbocycles. The summed E-state index contributed by atoms with van der Waals surface area (Å²) in [4.78, 5) is 2.21. The number of para-hydroxylation sites is 1. The Morgan fingerprint density at radius 3 is 2.67 bits per heavy atom. The van der Waals surface area contributed by atoms with Crippen LogP contribution in [0, 0.1) is 0 Å². The van der Waals surface area contributed by atoms with Gasteiger partial charge < -0.3 is 10.5 Å². The summed E-state index contributed by atoms with van der Waals surface area (Å²) >= 11 is 7.42. The van der Waals surface area contributed by atoms with Gasteiger partial charge in [-0.2, -0.15) is 0 Å². The molecular formula is C20H17ClN4OS. The third-order valence-electron chi connectivity index (χ3n) is 4.13. The van der Waals surface area contributed by atoms with Crippen LogP contribution in [0.4, 0.5) is 0 Å². The van der Waals surface area contributed by atoms with Crippen LogP contribution in [-0.2, 0) is 6.54 Å². The summed E-state index contributed by atoms with van der Waals surface area (Å²) < 4.78 is 7.49. The maximum absolute atomic E-state index is 5.86. The van der Waals surface area contributed by atoms with Gasteiger partial charge >= 0.3 is 0 Å². The Hall–Kier alpha value is -2.54. The van der Waals surface area contributed by atoms with Gasteiger partial charge in [-0.15, -0.1) is 10.2 Å². The average Bonchev–Trinajstić information content (AvgIpc) is 3.12. The molecule has 0 atom stereocenters. The van der Waals surface area contributed by atoms with Gasteiger partial charge in [0, 0.05) is 22.5 Å². The summed E-state index contributed by atoms with van der Waals surface area (Å²) in [7, 11) is 0. The van der Waals surface area contributed by atoms with Crippen LogP contribution in [0.3, 0.4) is 0 Å². The molecule has 7 heteroatoms. The van der Waals surface area contributed by atoms with Crippen molar-refractivity contribution in [3.63, 3.8) is 0 Å². The number of halogens is 1. The first-order valence-electron chi connectivity index (χ1n) is 8.39. The molecule has 2 aromatic heterocycles. The van der Waals surface area contributed by atoms with E-state index < -0.39 is 0 Å². The first-order chi connectivity index (χ1) is 13.3. The minimum absolute atomic E-state index is 0.0741. The Morgan fingerprint density at radius 2 is 1.81 bits per heavy atom. The summed E-state index contributed by atoms with van der Waals surface area (Å²) in [5, 5.41) is 8.62. The highest BCUT2D eigenvalue weighted by Gasteiger charge is 2.14. The molecule has 0 aliphatic rings. The minimum atomic E-state index is 0.0741. The summed E-state index contributed by atoms with van der Waals surface area (Å²) in [6.45, 7) is 0.506. The van der Waals surface area contributed by atoms with Crippen LogP contribution < -0.4 is 10.5 Å². The van der Waals surface area contributed by atoms with Crippen molar-refractivity contribution in [2.75, 3.05) is 6.07 Å². The van der Waals surface area contributed by atoms with Crippen molar-refractivity contribution in [3.05, 3.63) is 72.4 Å². The highest BCUT2D eigenvalue weighted by atomic mass is 35.5. The molecule has 136 valence electrons. The number of nitrogens with two attached hydrogens (primary N) is 1. The Balaban J connectivity index is 1.76. The van der Waals surface area contributed by atoms with Crippen LogP contribution in [0.15, 0.2) is 76.7 Å². The standard InChI is InChI=1S/C20H17ClN4OS/c21-13-26-17-7-3-2-6-16(17)20-24-23-19-10-9-15(12-25(19)20)27-18-8-4-1-5-14(18)11-22/h1-10,12H,11,13,22H2. The van der Waals surface area contributed by atoms with Crippen molar-refractivity contribution in [3.8, 4) is 17.1 Å². The Labute approximate surface area is 166 Å². The van der Waals surface area contributed by atoms with Crippen molar-refractivity contribution in [2.45, 2.75) is 16.3 Å². The second-order valence-electron chi connectivity index (χ2n) is 5.78. The number of aromatic nitrogens is 3. The number of pyridine rings is 1. The van der Waals surface area contributed by atoms with Crippen LogP contribution in [0.2, 0.25) is 0 Å². The van der Waals surface area contributed by atoms with Gasteiger partial charge in [0.15, 0.2) is 17.5 Å². The molecule has 4 aromatic rings. The van der Waals surface area contributed by atoms with Gasteiger partial charge in [0.2, 0.25) is 0 Å². The lowest BCUT2D eigenvalue weighted by atomic mass is 10.2. The topological polar surface area (TPSA) is 65.4 Å². The number of ether oxygens (including phenoxy) is 1. The molecule has 0 unspecified atom stereocenters. The van der Waals surface area contributed by atoms with Gasteiger partial charge in [0.25, 0.3) is 0 Å². The summed E-state index contributed by atoms with van der Waals surface area (Å²) in [5.41, 5.74) is 8.59. The second kappa shape index (κ2) is 8.00. The van der Waals surface area contributed by atoms with E-state index >= 15 is 0 Å². The first kappa shape index (κ1) is 17.9. The molecule has 5 nitrogen and oxygen atoms in total. The van der Waals surface area contributed by atoms with E-state index in [9.17, 15) is 0 Å². The first-order valence-corrected chi connectivity index (χ1v) is 9.74. The normalized spacial score (nSPS) is 11.0. The predicted molar refractivity (Wildman–Crippen MR) is 108 cm³/mol. The summed E-state index contributed by atoms with van der Waals surface area (Å²) in [6, 6.07) is 19.9. The molecule has 0 saturated heterocycles. The van der Waals surface area contributed by atoms with E-state index in [4.69, 9.17) is 22.1 Å². The smallest absolute Gasteiger partial charge is 0.172 e. The van der Waals surface area contributed by atoms with Crippen molar-refractivity contribution in [1.29, 1.82) is 0 Å². The average molecular weight is 397 g/mol. The van der Waals surface area contributed by atoms with Gasteiger partial charge in [-0.3, -0.25) is 4.40 Å². The van der Waals surface area contributed by atoms with Crippen molar-refractivity contribution in [1.82, 2.24) is 14.6 Å². The molecule has 0 saturated carbocycles. The zero-order valence-electron chi connectivity index (χ0n) is 14.4. The molecule has 27 heavy (non-hydrogen) atoms. The molecule has 0 amide bonds. The van der Waals surface area contributed by atoms with E-state index in [0.717, 1.165) is 26.6 Å². The van der Waals surface area contributed by atoms with Crippen LogP contribution in [0.5, 0.6) is 5.75 Å². The van der Waals surface area contributed by atoms with Crippen molar-refractivity contribution < 1.29 is 4.74 Å². The predicted octanol–water partition coefficient (Wildman–Crippen LogP) is 4.58. The quantitative estimate of drug-likeness (QED) is 0.483. The highest BCUT2D eigenvalue weighted by Crippen LogP contribution is 2.33. The second-order valence-corrected chi connectivity index (χ2v) is 7.11. The zero-order valence-corrected chi connectivity index (χ0v) is 16.0. The third-order valence-corrected chi connectivity index (χ3v) is 5.34. The van der Waals surface area contributed by atoms with Gasteiger partial charge in [-0.25, -0.2) is 0 Å². The number of hydrogen-bond donors (Lipinski definition) is 1. The zero-order chi connectivity index (χ0) is 18.6. The lowest BCUT2D eigenvalue weighted by Gasteiger charge is -2.09. The van der Waals surface area contributed by atoms with Crippen molar-refractivity contribution >= 4 is 29.0 Å². The fourth-order valence-corrected chi connectivity index (χ4v) is 3.95. The minimum Gasteiger partial charge on any atom is -0.477 e. The van der Waals surface area contributed by atoms with Crippen LogP contribution in [0.25, 0.3) is 17.0 Å². The molecule has 0 spiro atoms. The summed E-state index contributed by atoms with van der Waals surface area (Å²) in [6.07, 6.45) is 2.03. The van der Waals surface area contributed by atoms with E-state index in [1.54, 1.807) is 11.8 Å². The number of rotatable bonds is 6. The fourth-order valence-electron chi connectivity index (χ4n) is 2.85. The van der Waals surface area contributed by atoms with Gasteiger partial charge in [0.1, 0.15) is 5.75 Å². The molecule has 4 rings (SSSR count). The monoisotopic (exact) mass is 396 g/mol. The molecule has 2 aromatic carbocycles. The van der Waals surface area contributed by atoms with E-state index in [2.05, 4.69) is 16.3 Å². The van der Waals surface area contributed by atoms with Gasteiger partial charge in [-0.1, -0.05) is 53.7 Å². The Morgan fingerprint density at radius 1 is 1.00 bits per heavy atom. The maximum Gasteiger partial charge on any atom is 0.172 e. The third kappa shape index (κ3) is 3.64. The lowest BCUT2D eigenvalue weighted by molar-refractivity contribution is 0.389. The number of benzene rings is 2. The number of hydrogen-bond acceptors (Lipinski definition) is 5. The summed E-state index contributed by atoms with van der Waals surface area (Å²) in [5.74, 6) is 1.38. The number of alkyl halides is 1. The van der Waals surface area contributed by atoms with E-state index in [-0.39, 0.29) is 6.07 Å². The Kier molecular flexibility index (Phi) is 5.29. The molecule has 0 fully saturated rings. The highest BCUT2D eigenvalue weighted by molar-refractivity contribution is 7.99. The van der Waals surface area contributed by atoms with Crippen LogP contribution in [0.1, 0.15) is 5.56 Å². The number of fused-ring (bicyclic) bond motifs is 1. The SMILES string of the molecule is NCc1ccccc1Sc1ccc2nnc(-c3ccccc3OCCl)n2c1. The molecule has 0 aliphatic heterocycles. The van der Waals surface area contributed by atoms with Crippen LogP contribution >= 0.6 is 23.4 Å². The number of nitrogens with zero attached hydrogens (tertiary/aromatic N) is 3. The molecule has 2 heterocycles. The Bertz CT molecular complexity index is 1080. The molecule has 0 bridgehead atoms. The molecular weight excluding hydrogens is 380 g/mol. The van der Waals surface area contributed by atoms with Crippen molar-refractivity contribution in [2.24, 2.45) is 5.73 Å². The van der Waals surface area contributed by atoms with Gasteiger partial charge in [-0.05, 0) is 35.9 Å². The maximum atomic E-state index is 5.86. The molecule has 0 radical (unpaired) electrons. The lowest BCUT2D eigenvalue weighted by Crippen LogP contribution is -1.98. The molecule has 2 N–H and O–H groups in total. The van der Waals surface area contributed by atoms with Gasteiger partial charge in [0.05, 0.1) is 5.56 Å². The van der Waals surface area contributed by atoms with Crippen LogP contribution in [-0.4, -0.2) is 20.7 Å². The van der Waals surface area contributed by atoms with E-state index in [1.165, 1.54) is 0 Å². The largest absolute Gasteiger partial charge is 0.477 e. The fraction of sp³-hybridized carbons (Fsp3) is 0.100.